The first-order valence-electron chi connectivity index (χ1n) is 13.5. The Bertz CT molecular complexity index is 1160. The summed E-state index contributed by atoms with van der Waals surface area (Å²) in [6.07, 6.45) is 2.46. The molecule has 1 amide bonds. The van der Waals surface area contributed by atoms with Crippen LogP contribution in [0, 0.1) is 12.3 Å². The largest absolute Gasteiger partial charge is 0.438 e. The zero-order chi connectivity index (χ0) is 29.3. The summed E-state index contributed by atoms with van der Waals surface area (Å²) in [5, 5.41) is 0. The van der Waals surface area contributed by atoms with Crippen LogP contribution in [-0.2, 0) is 22.4 Å². The van der Waals surface area contributed by atoms with Gasteiger partial charge in [0.15, 0.2) is 12.3 Å². The van der Waals surface area contributed by atoms with Crippen molar-refractivity contribution in [3.8, 4) is 12.3 Å². The van der Waals surface area contributed by atoms with E-state index in [0.29, 0.717) is 0 Å². The second kappa shape index (κ2) is 12.1. The maximum atomic E-state index is 13.1. The summed E-state index contributed by atoms with van der Waals surface area (Å²) in [6.45, 7) is 17.0. The van der Waals surface area contributed by atoms with Crippen molar-refractivity contribution in [2.75, 3.05) is 20.2 Å². The van der Waals surface area contributed by atoms with Crippen molar-refractivity contribution in [2.45, 2.75) is 102 Å². The molecule has 3 heterocycles. The molecule has 0 saturated carbocycles. The van der Waals surface area contributed by atoms with E-state index in [1.54, 1.807) is 0 Å². The Hall–Kier alpha value is -2.22. The van der Waals surface area contributed by atoms with Crippen LogP contribution in [0.1, 0.15) is 61.6 Å². The van der Waals surface area contributed by atoms with Crippen LogP contribution < -0.4 is 11.2 Å². The number of carbonyl (C=O) groups excluding carboxylic acids is 1. The van der Waals surface area contributed by atoms with Crippen molar-refractivity contribution >= 4 is 23.2 Å². The standard InChI is InChI=1S/C26H43N3O8Si2/c1-11-13-28(10)26(32)35-23-22-20(34-24(23)29-14-12-21(30)27-25(29)31)15-33-38(16(2)3,17(4)5)37-39(36-22,18(6)7)19(8)9/h1,12,14,16-20,22-24H,13,15H2,2-10H3,(H,27,30,31)/t20-,22-,23-,24-/m1/s1. The number of ether oxygens (including phenoxy) is 2. The SMILES string of the molecule is C#CCN(C)C(=O)O[C@@H]1[C@@H]2O[Si](C(C)C)(C(C)C)O[Si](C(C)C)(C(C)C)OC[C@H]2O[C@H]1n1ccc(=O)[nH]c1=O. The van der Waals surface area contributed by atoms with E-state index < -0.39 is 59.0 Å². The molecule has 2 fully saturated rings. The van der Waals surface area contributed by atoms with Crippen LogP contribution >= 0.6 is 0 Å². The molecular formula is C26H43N3O8Si2. The third-order valence-corrected chi connectivity index (χ3v) is 17.9. The molecule has 2 aliphatic rings. The van der Waals surface area contributed by atoms with E-state index in [-0.39, 0.29) is 35.3 Å². The first kappa shape index (κ1) is 31.3. The highest BCUT2D eigenvalue weighted by Gasteiger charge is 2.62. The molecule has 0 bridgehead atoms. The summed E-state index contributed by atoms with van der Waals surface area (Å²) >= 11 is 0. The lowest BCUT2D eigenvalue weighted by molar-refractivity contribution is -0.0620. The Balaban J connectivity index is 2.17. The Kier molecular flexibility index (Phi) is 9.73. The van der Waals surface area contributed by atoms with Gasteiger partial charge in [0.1, 0.15) is 12.2 Å². The second-order valence-corrected chi connectivity index (χ2v) is 20.4. The average Bonchev–Trinajstić information content (AvgIpc) is 3.14. The highest BCUT2D eigenvalue weighted by molar-refractivity contribution is 6.84. The molecule has 218 valence electrons. The van der Waals surface area contributed by atoms with Gasteiger partial charge in [-0.25, -0.2) is 9.59 Å². The molecule has 39 heavy (non-hydrogen) atoms. The van der Waals surface area contributed by atoms with Crippen LogP contribution in [0.3, 0.4) is 0 Å². The zero-order valence-corrected chi connectivity index (χ0v) is 26.4. The molecule has 11 nitrogen and oxygen atoms in total. The minimum atomic E-state index is -3.08. The molecule has 0 unspecified atom stereocenters. The number of nitrogens with one attached hydrogen (secondary N) is 1. The van der Waals surface area contributed by atoms with Crippen LogP contribution in [-0.4, -0.2) is 76.2 Å². The summed E-state index contributed by atoms with van der Waals surface area (Å²) in [6, 6.07) is 1.21. The van der Waals surface area contributed by atoms with Crippen LogP contribution in [0.4, 0.5) is 4.79 Å². The average molecular weight is 582 g/mol. The van der Waals surface area contributed by atoms with Gasteiger partial charge in [0.2, 0.25) is 0 Å². The fraction of sp³-hybridized carbons (Fsp3) is 0.731. The van der Waals surface area contributed by atoms with E-state index in [1.165, 1.54) is 28.8 Å². The van der Waals surface area contributed by atoms with E-state index in [9.17, 15) is 14.4 Å². The predicted octanol–water partition coefficient (Wildman–Crippen LogP) is 3.46. The lowest BCUT2D eigenvalue weighted by Crippen LogP contribution is -2.66. The van der Waals surface area contributed by atoms with Gasteiger partial charge in [0.05, 0.1) is 13.2 Å². The van der Waals surface area contributed by atoms with Crippen molar-refractivity contribution < 1.29 is 27.2 Å². The molecule has 0 aliphatic carbocycles. The topological polar surface area (TPSA) is 121 Å². The number of nitrogens with zero attached hydrogens (tertiary/aromatic N) is 2. The van der Waals surface area contributed by atoms with Gasteiger partial charge in [-0.05, 0) is 22.2 Å². The number of terminal acetylenes is 1. The van der Waals surface area contributed by atoms with E-state index in [2.05, 4.69) is 66.3 Å². The van der Waals surface area contributed by atoms with Crippen molar-refractivity contribution in [1.29, 1.82) is 0 Å². The van der Waals surface area contributed by atoms with E-state index >= 15 is 0 Å². The predicted molar refractivity (Wildman–Crippen MR) is 151 cm³/mol. The van der Waals surface area contributed by atoms with E-state index in [1.807, 2.05) is 0 Å². The van der Waals surface area contributed by atoms with E-state index in [0.717, 1.165) is 0 Å². The van der Waals surface area contributed by atoms with Gasteiger partial charge in [0.25, 0.3) is 5.56 Å². The number of hydrogen-bond acceptors (Lipinski definition) is 8. The summed E-state index contributed by atoms with van der Waals surface area (Å²) in [5.74, 6) is 2.42. The molecule has 0 spiro atoms. The first-order valence-corrected chi connectivity index (χ1v) is 17.5. The molecule has 2 aliphatic heterocycles. The summed E-state index contributed by atoms with van der Waals surface area (Å²) in [7, 11) is -4.40. The summed E-state index contributed by atoms with van der Waals surface area (Å²) < 4.78 is 34.6. The fourth-order valence-corrected chi connectivity index (χ4v) is 16.7. The molecule has 0 radical (unpaired) electrons. The van der Waals surface area contributed by atoms with Crippen molar-refractivity contribution in [3.05, 3.63) is 33.1 Å². The minimum absolute atomic E-state index is 0.0274. The zero-order valence-electron chi connectivity index (χ0n) is 24.4. The Morgan fingerprint density at radius 3 is 2.23 bits per heavy atom. The van der Waals surface area contributed by atoms with Gasteiger partial charge >= 0.3 is 28.9 Å². The molecule has 2 saturated heterocycles. The summed E-state index contributed by atoms with van der Waals surface area (Å²) in [5.41, 5.74) is -0.925. The third kappa shape index (κ3) is 5.96. The summed E-state index contributed by atoms with van der Waals surface area (Å²) in [4.78, 5) is 41.2. The number of fused-ring (bicyclic) bond motifs is 1. The van der Waals surface area contributed by atoms with Crippen molar-refractivity contribution in [2.24, 2.45) is 0 Å². The molecule has 0 aromatic carbocycles. The van der Waals surface area contributed by atoms with E-state index in [4.69, 9.17) is 28.9 Å². The van der Waals surface area contributed by atoms with Gasteiger partial charge in [-0.15, -0.1) is 6.42 Å². The molecule has 1 N–H and O–H groups in total. The molecule has 1 aromatic heterocycles. The number of carbonyl (C=O) groups is 1. The van der Waals surface area contributed by atoms with Gasteiger partial charge in [0, 0.05) is 19.3 Å². The normalized spacial score (nSPS) is 26.3. The smallest absolute Gasteiger partial charge is 0.410 e. The monoisotopic (exact) mass is 581 g/mol. The number of hydrogen-bond donors (Lipinski definition) is 1. The first-order chi connectivity index (χ1) is 18.2. The molecule has 3 rings (SSSR count). The molecular weight excluding hydrogens is 538 g/mol. The van der Waals surface area contributed by atoms with Crippen molar-refractivity contribution in [1.82, 2.24) is 14.5 Å². The maximum Gasteiger partial charge on any atom is 0.410 e. The molecule has 4 atom stereocenters. The number of rotatable bonds is 7. The quantitative estimate of drug-likeness (QED) is 0.384. The van der Waals surface area contributed by atoms with Gasteiger partial charge < -0.3 is 27.3 Å². The van der Waals surface area contributed by atoms with Crippen LogP contribution in [0.2, 0.25) is 22.2 Å². The Morgan fingerprint density at radius 2 is 1.72 bits per heavy atom. The lowest BCUT2D eigenvalue weighted by Gasteiger charge is -2.51. The van der Waals surface area contributed by atoms with Crippen molar-refractivity contribution in [3.63, 3.8) is 0 Å². The van der Waals surface area contributed by atoms with Gasteiger partial charge in [-0.3, -0.25) is 14.3 Å². The Labute approximate surface area is 232 Å². The third-order valence-electron chi connectivity index (χ3n) is 7.62. The van der Waals surface area contributed by atoms with Gasteiger partial charge in [-0.2, -0.15) is 0 Å². The number of aromatic nitrogens is 2. The Morgan fingerprint density at radius 1 is 1.13 bits per heavy atom. The second-order valence-electron chi connectivity index (χ2n) is 11.5. The number of aromatic amines is 1. The number of H-pyrrole nitrogens is 1. The van der Waals surface area contributed by atoms with Crippen LogP contribution in [0.15, 0.2) is 21.9 Å². The highest BCUT2D eigenvalue weighted by atomic mass is 28.5. The maximum absolute atomic E-state index is 13.1. The fourth-order valence-electron chi connectivity index (χ4n) is 5.51. The van der Waals surface area contributed by atoms with Crippen LogP contribution in [0.25, 0.3) is 0 Å². The molecule has 13 heteroatoms. The van der Waals surface area contributed by atoms with Gasteiger partial charge in [-0.1, -0.05) is 61.3 Å². The number of amides is 1. The minimum Gasteiger partial charge on any atom is -0.438 e. The highest BCUT2D eigenvalue weighted by Crippen LogP contribution is 2.48. The lowest BCUT2D eigenvalue weighted by atomic mass is 10.1. The van der Waals surface area contributed by atoms with Crippen LogP contribution in [0.5, 0.6) is 0 Å². The molecule has 1 aromatic rings.